The molecule has 3 aromatic rings. The van der Waals surface area contributed by atoms with Crippen molar-refractivity contribution >= 4 is 28.3 Å². The summed E-state index contributed by atoms with van der Waals surface area (Å²) < 4.78 is 13.0. The second-order valence-corrected chi connectivity index (χ2v) is 7.54. The van der Waals surface area contributed by atoms with Crippen LogP contribution in [0.1, 0.15) is 38.8 Å². The predicted octanol–water partition coefficient (Wildman–Crippen LogP) is 3.28. The molecule has 0 saturated heterocycles. The minimum atomic E-state index is -0.398. The average molecular weight is 396 g/mol. The molecule has 0 bridgehead atoms. The van der Waals surface area contributed by atoms with Gasteiger partial charge in [0.25, 0.3) is 5.91 Å². The van der Waals surface area contributed by atoms with Gasteiger partial charge in [-0.25, -0.2) is 9.37 Å². The second kappa shape index (κ2) is 7.85. The molecule has 28 heavy (non-hydrogen) atoms. The first kappa shape index (κ1) is 18.2. The van der Waals surface area contributed by atoms with Crippen molar-refractivity contribution in [3.8, 4) is 0 Å². The third kappa shape index (κ3) is 3.91. The number of carbonyl (C=O) groups is 2. The number of hydrogen-bond donors (Lipinski definition) is 2. The normalized spacial score (nSPS) is 15.1. The summed E-state index contributed by atoms with van der Waals surface area (Å²) in [5, 5.41) is 6.12. The molecule has 4 rings (SSSR count). The van der Waals surface area contributed by atoms with E-state index in [-0.39, 0.29) is 17.7 Å². The number of aryl methyl sites for hydroxylation is 1. The molecule has 0 radical (unpaired) electrons. The minimum absolute atomic E-state index is 0.0720. The van der Waals surface area contributed by atoms with Gasteiger partial charge in [0.1, 0.15) is 5.82 Å². The van der Waals surface area contributed by atoms with Crippen LogP contribution in [-0.2, 0) is 17.8 Å². The maximum atomic E-state index is 13.0. The predicted molar refractivity (Wildman–Crippen MR) is 104 cm³/mol. The van der Waals surface area contributed by atoms with E-state index in [1.165, 1.54) is 35.6 Å². The second-order valence-electron chi connectivity index (χ2n) is 6.45. The van der Waals surface area contributed by atoms with Crippen LogP contribution < -0.4 is 10.6 Å². The van der Waals surface area contributed by atoms with Crippen LogP contribution in [0, 0.1) is 5.82 Å². The van der Waals surface area contributed by atoms with Crippen molar-refractivity contribution in [2.24, 2.45) is 0 Å². The molecule has 0 unspecified atom stereocenters. The lowest BCUT2D eigenvalue weighted by Gasteiger charge is -2.10. The Morgan fingerprint density at radius 3 is 2.64 bits per heavy atom. The van der Waals surface area contributed by atoms with Crippen molar-refractivity contribution < 1.29 is 14.0 Å². The van der Waals surface area contributed by atoms with E-state index in [1.54, 1.807) is 12.4 Å². The quantitative estimate of drug-likeness (QED) is 0.693. The van der Waals surface area contributed by atoms with E-state index in [9.17, 15) is 14.0 Å². The number of rotatable bonds is 5. The summed E-state index contributed by atoms with van der Waals surface area (Å²) in [6, 6.07) is 9.01. The van der Waals surface area contributed by atoms with E-state index in [0.29, 0.717) is 23.7 Å². The Kier molecular flexibility index (Phi) is 5.12. The number of fused-ring (bicyclic) bond motifs is 1. The molecule has 2 amide bonds. The monoisotopic (exact) mass is 396 g/mol. The molecule has 1 aliphatic rings. The van der Waals surface area contributed by atoms with Crippen molar-refractivity contribution in [3.63, 3.8) is 0 Å². The smallest absolute Gasteiger partial charge is 0.257 e. The molecule has 2 aromatic heterocycles. The van der Waals surface area contributed by atoms with Crippen molar-refractivity contribution in [3.05, 3.63) is 76.3 Å². The molecule has 1 atom stereocenters. The number of anilines is 1. The van der Waals surface area contributed by atoms with Gasteiger partial charge in [-0.3, -0.25) is 19.9 Å². The third-order valence-corrected chi connectivity index (χ3v) is 5.62. The van der Waals surface area contributed by atoms with Crippen LogP contribution in [0.4, 0.5) is 9.52 Å². The number of halogens is 1. The van der Waals surface area contributed by atoms with Crippen LogP contribution in [0.2, 0.25) is 0 Å². The van der Waals surface area contributed by atoms with E-state index in [4.69, 9.17) is 0 Å². The molecular weight excluding hydrogens is 379 g/mol. The van der Waals surface area contributed by atoms with Gasteiger partial charge in [-0.2, -0.15) is 0 Å². The maximum Gasteiger partial charge on any atom is 0.257 e. The van der Waals surface area contributed by atoms with Crippen LogP contribution >= 0.6 is 11.3 Å². The Labute approximate surface area is 164 Å². The summed E-state index contributed by atoms with van der Waals surface area (Å²) in [6.45, 7) is 0.436. The summed E-state index contributed by atoms with van der Waals surface area (Å²) in [6.07, 6.45) is 4.84. The molecule has 2 N–H and O–H groups in total. The summed E-state index contributed by atoms with van der Waals surface area (Å²) in [4.78, 5) is 34.3. The van der Waals surface area contributed by atoms with Gasteiger partial charge in [-0.15, -0.1) is 11.3 Å². The molecule has 0 spiro atoms. The zero-order valence-electron chi connectivity index (χ0n) is 14.8. The number of hydrogen-bond acceptors (Lipinski definition) is 5. The van der Waals surface area contributed by atoms with Crippen LogP contribution in [0.15, 0.2) is 48.8 Å². The molecule has 0 saturated carbocycles. The molecule has 0 fully saturated rings. The van der Waals surface area contributed by atoms with Crippen LogP contribution in [0.5, 0.6) is 0 Å². The largest absolute Gasteiger partial charge is 0.351 e. The highest BCUT2D eigenvalue weighted by Gasteiger charge is 2.32. The number of pyridine rings is 1. The van der Waals surface area contributed by atoms with Gasteiger partial charge >= 0.3 is 0 Å². The van der Waals surface area contributed by atoms with Gasteiger partial charge in [0, 0.05) is 29.4 Å². The first-order valence-corrected chi connectivity index (χ1v) is 9.65. The summed E-state index contributed by atoms with van der Waals surface area (Å²) in [7, 11) is 0. The first-order chi connectivity index (χ1) is 13.6. The molecule has 1 aliphatic carbocycles. The van der Waals surface area contributed by atoms with Gasteiger partial charge in [0.05, 0.1) is 11.6 Å². The Morgan fingerprint density at radius 1 is 1.14 bits per heavy atom. The fourth-order valence-electron chi connectivity index (χ4n) is 3.12. The molecular formula is C20H17FN4O2S. The summed E-state index contributed by atoms with van der Waals surface area (Å²) in [5.74, 6) is -1.14. The van der Waals surface area contributed by atoms with Crippen LogP contribution in [-0.4, -0.2) is 21.8 Å². The van der Waals surface area contributed by atoms with Crippen molar-refractivity contribution in [2.75, 3.05) is 5.32 Å². The van der Waals surface area contributed by atoms with Crippen molar-refractivity contribution in [2.45, 2.75) is 25.3 Å². The average Bonchev–Trinajstić information content (AvgIpc) is 3.27. The van der Waals surface area contributed by atoms with Gasteiger partial charge < -0.3 is 5.32 Å². The van der Waals surface area contributed by atoms with Crippen molar-refractivity contribution in [1.29, 1.82) is 0 Å². The zero-order chi connectivity index (χ0) is 19.5. The molecule has 1 aromatic carbocycles. The lowest BCUT2D eigenvalue weighted by Crippen LogP contribution is -2.28. The zero-order valence-corrected chi connectivity index (χ0v) is 15.6. The highest BCUT2D eigenvalue weighted by Crippen LogP contribution is 2.38. The van der Waals surface area contributed by atoms with E-state index >= 15 is 0 Å². The maximum absolute atomic E-state index is 13.0. The number of thiazole rings is 1. The SMILES string of the molecule is O=C(Nc1nc2c(s1)CC[C@@H]2C(=O)NCc1ccncc1)c1ccc(F)cc1. The Morgan fingerprint density at radius 2 is 1.89 bits per heavy atom. The highest BCUT2D eigenvalue weighted by molar-refractivity contribution is 7.16. The Hall–Kier alpha value is -3.13. The fraction of sp³-hybridized carbons (Fsp3) is 0.200. The number of nitrogens with one attached hydrogen (secondary N) is 2. The van der Waals surface area contributed by atoms with Gasteiger partial charge in [-0.05, 0) is 54.8 Å². The Bertz CT molecular complexity index is 1000. The van der Waals surface area contributed by atoms with E-state index < -0.39 is 5.82 Å². The number of benzene rings is 1. The lowest BCUT2D eigenvalue weighted by molar-refractivity contribution is -0.122. The molecule has 6 nitrogen and oxygen atoms in total. The van der Waals surface area contributed by atoms with Gasteiger partial charge in [0.2, 0.25) is 5.91 Å². The van der Waals surface area contributed by atoms with Gasteiger partial charge in [-0.1, -0.05) is 0 Å². The highest BCUT2D eigenvalue weighted by atomic mass is 32.1. The summed E-state index contributed by atoms with van der Waals surface area (Å²) in [5.41, 5.74) is 2.06. The summed E-state index contributed by atoms with van der Waals surface area (Å²) >= 11 is 1.38. The number of aromatic nitrogens is 2. The Balaban J connectivity index is 1.41. The third-order valence-electron chi connectivity index (χ3n) is 4.58. The molecule has 8 heteroatoms. The minimum Gasteiger partial charge on any atom is -0.351 e. The number of carbonyl (C=O) groups excluding carboxylic acids is 2. The topological polar surface area (TPSA) is 84.0 Å². The van der Waals surface area contributed by atoms with Crippen molar-refractivity contribution in [1.82, 2.24) is 15.3 Å². The lowest BCUT2D eigenvalue weighted by atomic mass is 10.1. The first-order valence-electron chi connectivity index (χ1n) is 8.83. The van der Waals surface area contributed by atoms with Crippen LogP contribution in [0.3, 0.4) is 0 Å². The number of nitrogens with zero attached hydrogens (tertiary/aromatic N) is 2. The standard InChI is InChI=1S/C20H17FN4O2S/c21-14-3-1-13(2-4-14)18(26)25-20-24-17-15(5-6-16(17)28-20)19(27)23-11-12-7-9-22-10-8-12/h1-4,7-10,15H,5-6,11H2,(H,23,27)(H,24,25,26)/t15-/m0/s1. The van der Waals surface area contributed by atoms with Gasteiger partial charge in [0.15, 0.2) is 5.13 Å². The van der Waals surface area contributed by atoms with E-state index in [1.807, 2.05) is 12.1 Å². The molecule has 142 valence electrons. The fourth-order valence-corrected chi connectivity index (χ4v) is 4.15. The molecule has 0 aliphatic heterocycles. The van der Waals surface area contributed by atoms with E-state index in [0.717, 1.165) is 22.6 Å². The number of amides is 2. The molecule has 2 heterocycles. The van der Waals surface area contributed by atoms with Crippen LogP contribution in [0.25, 0.3) is 0 Å². The van der Waals surface area contributed by atoms with E-state index in [2.05, 4.69) is 20.6 Å².